The highest BCUT2D eigenvalue weighted by Gasteiger charge is 2.28. The van der Waals surface area contributed by atoms with E-state index in [4.69, 9.17) is 10.8 Å². The van der Waals surface area contributed by atoms with E-state index in [1.807, 2.05) is 17.4 Å². The van der Waals surface area contributed by atoms with Gasteiger partial charge in [0.2, 0.25) is 0 Å². The molecule has 1 aromatic carbocycles. The van der Waals surface area contributed by atoms with Crippen LogP contribution < -0.4 is 5.73 Å². The summed E-state index contributed by atoms with van der Waals surface area (Å²) >= 11 is 1.81. The van der Waals surface area contributed by atoms with Crippen LogP contribution in [0.25, 0.3) is 0 Å². The molecule has 1 atom stereocenters. The highest BCUT2D eigenvalue weighted by molar-refractivity contribution is 7.10. The SMILES string of the molecule is NCCC1=NN(Cc2ccccc2)C(c2cccs2)C1. The van der Waals surface area contributed by atoms with Crippen molar-refractivity contribution in [3.63, 3.8) is 0 Å². The van der Waals surface area contributed by atoms with Crippen LogP contribution in [0.3, 0.4) is 0 Å². The number of nitrogens with zero attached hydrogens (tertiary/aromatic N) is 2. The number of nitrogens with two attached hydrogens (primary N) is 1. The van der Waals surface area contributed by atoms with Crippen LogP contribution in [0.1, 0.15) is 29.3 Å². The fourth-order valence-electron chi connectivity index (χ4n) is 2.58. The summed E-state index contributed by atoms with van der Waals surface area (Å²) < 4.78 is 0. The lowest BCUT2D eigenvalue weighted by atomic mass is 10.1. The van der Waals surface area contributed by atoms with Gasteiger partial charge in [0, 0.05) is 17.0 Å². The summed E-state index contributed by atoms with van der Waals surface area (Å²) in [4.78, 5) is 1.39. The molecule has 0 radical (unpaired) electrons. The largest absolute Gasteiger partial charge is 0.330 e. The summed E-state index contributed by atoms with van der Waals surface area (Å²) in [6.07, 6.45) is 1.90. The highest BCUT2D eigenvalue weighted by atomic mass is 32.1. The van der Waals surface area contributed by atoms with Crippen LogP contribution >= 0.6 is 11.3 Å². The minimum Gasteiger partial charge on any atom is -0.330 e. The van der Waals surface area contributed by atoms with Crippen LogP contribution in [0.2, 0.25) is 0 Å². The third kappa shape index (κ3) is 2.92. The lowest BCUT2D eigenvalue weighted by molar-refractivity contribution is 0.227. The Kier molecular flexibility index (Phi) is 4.14. The molecule has 2 aromatic rings. The molecule has 1 unspecified atom stereocenters. The van der Waals surface area contributed by atoms with Crippen molar-refractivity contribution in [2.45, 2.75) is 25.4 Å². The zero-order valence-corrected chi connectivity index (χ0v) is 12.2. The summed E-state index contributed by atoms with van der Waals surface area (Å²) in [6.45, 7) is 1.53. The van der Waals surface area contributed by atoms with Crippen molar-refractivity contribution < 1.29 is 0 Å². The van der Waals surface area contributed by atoms with Gasteiger partial charge >= 0.3 is 0 Å². The first-order valence-electron chi connectivity index (χ1n) is 6.97. The molecule has 2 heterocycles. The number of hydrazone groups is 1. The summed E-state index contributed by atoms with van der Waals surface area (Å²) in [6, 6.07) is 15.2. The van der Waals surface area contributed by atoms with E-state index < -0.39 is 0 Å². The standard InChI is InChI=1S/C16H19N3S/c17-9-8-14-11-15(16-7-4-10-20-16)19(18-14)12-13-5-2-1-3-6-13/h1-7,10,15H,8-9,11-12,17H2. The van der Waals surface area contributed by atoms with Gasteiger partial charge in [0.25, 0.3) is 0 Å². The number of hydrogen-bond acceptors (Lipinski definition) is 4. The second kappa shape index (κ2) is 6.20. The molecule has 2 N–H and O–H groups in total. The maximum absolute atomic E-state index is 5.67. The maximum Gasteiger partial charge on any atom is 0.0868 e. The van der Waals surface area contributed by atoms with E-state index in [1.54, 1.807) is 0 Å². The second-order valence-electron chi connectivity index (χ2n) is 5.02. The molecule has 0 aliphatic carbocycles. The smallest absolute Gasteiger partial charge is 0.0868 e. The molecule has 4 heteroatoms. The number of hydrogen-bond donors (Lipinski definition) is 1. The summed E-state index contributed by atoms with van der Waals surface area (Å²) in [5.74, 6) is 0. The van der Waals surface area contributed by atoms with E-state index in [1.165, 1.54) is 16.2 Å². The summed E-state index contributed by atoms with van der Waals surface area (Å²) in [5.41, 5.74) is 8.20. The number of benzene rings is 1. The van der Waals surface area contributed by atoms with Gasteiger partial charge in [-0.2, -0.15) is 5.10 Å². The van der Waals surface area contributed by atoms with Crippen LogP contribution in [0.4, 0.5) is 0 Å². The normalized spacial score (nSPS) is 18.4. The van der Waals surface area contributed by atoms with E-state index in [-0.39, 0.29) is 0 Å². The first kappa shape index (κ1) is 13.3. The van der Waals surface area contributed by atoms with Crippen LogP contribution in [-0.4, -0.2) is 17.3 Å². The first-order valence-corrected chi connectivity index (χ1v) is 7.85. The van der Waals surface area contributed by atoms with Crippen molar-refractivity contribution in [3.8, 4) is 0 Å². The van der Waals surface area contributed by atoms with Crippen LogP contribution in [0.15, 0.2) is 52.9 Å². The molecule has 1 aliphatic heterocycles. The lowest BCUT2D eigenvalue weighted by Gasteiger charge is -2.22. The van der Waals surface area contributed by atoms with Crippen molar-refractivity contribution in [1.29, 1.82) is 0 Å². The minimum atomic E-state index is 0.372. The average molecular weight is 285 g/mol. The Morgan fingerprint density at radius 3 is 2.75 bits per heavy atom. The fourth-order valence-corrected chi connectivity index (χ4v) is 3.42. The molecule has 3 nitrogen and oxygen atoms in total. The van der Waals surface area contributed by atoms with Crippen LogP contribution in [0.5, 0.6) is 0 Å². The molecule has 1 aliphatic rings. The Balaban J connectivity index is 1.80. The van der Waals surface area contributed by atoms with Gasteiger partial charge in [-0.05, 0) is 30.0 Å². The predicted octanol–water partition coefficient (Wildman–Crippen LogP) is 3.40. The molecule has 0 spiro atoms. The van der Waals surface area contributed by atoms with Crippen molar-refractivity contribution in [1.82, 2.24) is 5.01 Å². The summed E-state index contributed by atoms with van der Waals surface area (Å²) in [7, 11) is 0. The van der Waals surface area contributed by atoms with E-state index in [0.29, 0.717) is 12.6 Å². The third-order valence-corrected chi connectivity index (χ3v) is 4.52. The van der Waals surface area contributed by atoms with E-state index in [9.17, 15) is 0 Å². The number of rotatable bonds is 5. The molecular weight excluding hydrogens is 266 g/mol. The van der Waals surface area contributed by atoms with Crippen molar-refractivity contribution >= 4 is 17.0 Å². The highest BCUT2D eigenvalue weighted by Crippen LogP contribution is 2.34. The van der Waals surface area contributed by atoms with Gasteiger partial charge in [0.05, 0.1) is 12.6 Å². The molecular formula is C16H19N3S. The van der Waals surface area contributed by atoms with Crippen LogP contribution in [0, 0.1) is 0 Å². The molecule has 3 rings (SSSR count). The first-order chi connectivity index (χ1) is 9.86. The van der Waals surface area contributed by atoms with Gasteiger partial charge < -0.3 is 5.73 Å². The zero-order valence-electron chi connectivity index (χ0n) is 11.4. The molecule has 1 aromatic heterocycles. The van der Waals surface area contributed by atoms with E-state index in [2.05, 4.69) is 46.8 Å². The average Bonchev–Trinajstić information content (AvgIpc) is 3.10. The molecule has 0 saturated carbocycles. The minimum absolute atomic E-state index is 0.372. The molecule has 0 saturated heterocycles. The van der Waals surface area contributed by atoms with Crippen molar-refractivity contribution in [2.24, 2.45) is 10.8 Å². The van der Waals surface area contributed by atoms with Gasteiger partial charge in [-0.15, -0.1) is 11.3 Å². The molecule has 0 fully saturated rings. The molecule has 0 amide bonds. The third-order valence-electron chi connectivity index (χ3n) is 3.55. The number of thiophene rings is 1. The maximum atomic E-state index is 5.67. The molecule has 20 heavy (non-hydrogen) atoms. The topological polar surface area (TPSA) is 41.6 Å². The van der Waals surface area contributed by atoms with Gasteiger partial charge in [-0.3, -0.25) is 5.01 Å². The molecule has 104 valence electrons. The van der Waals surface area contributed by atoms with Gasteiger partial charge in [0.15, 0.2) is 0 Å². The van der Waals surface area contributed by atoms with Crippen LogP contribution in [-0.2, 0) is 6.54 Å². The Labute approximate surface area is 123 Å². The molecule has 0 bridgehead atoms. The quantitative estimate of drug-likeness (QED) is 0.914. The Morgan fingerprint density at radius 1 is 1.20 bits per heavy atom. The lowest BCUT2D eigenvalue weighted by Crippen LogP contribution is -2.18. The van der Waals surface area contributed by atoms with E-state index >= 15 is 0 Å². The van der Waals surface area contributed by atoms with Crippen molar-refractivity contribution in [3.05, 3.63) is 58.3 Å². The Hall–Kier alpha value is -1.65. The zero-order chi connectivity index (χ0) is 13.8. The van der Waals surface area contributed by atoms with Crippen molar-refractivity contribution in [2.75, 3.05) is 6.54 Å². The fraction of sp³-hybridized carbons (Fsp3) is 0.312. The van der Waals surface area contributed by atoms with Gasteiger partial charge in [-0.25, -0.2) is 0 Å². The second-order valence-corrected chi connectivity index (χ2v) is 6.00. The predicted molar refractivity (Wildman–Crippen MR) is 84.8 cm³/mol. The van der Waals surface area contributed by atoms with E-state index in [0.717, 1.165) is 19.4 Å². The summed E-state index contributed by atoms with van der Waals surface area (Å²) in [5, 5.41) is 9.14. The van der Waals surface area contributed by atoms with Gasteiger partial charge in [0.1, 0.15) is 0 Å². The Bertz CT molecular complexity index is 563. The Morgan fingerprint density at radius 2 is 2.05 bits per heavy atom. The monoisotopic (exact) mass is 285 g/mol. The van der Waals surface area contributed by atoms with Gasteiger partial charge in [-0.1, -0.05) is 36.4 Å².